The molecule has 0 amide bonds. The minimum atomic E-state index is -0.245. The summed E-state index contributed by atoms with van der Waals surface area (Å²) in [6, 6.07) is 12.6. The molecule has 0 aliphatic rings. The lowest BCUT2D eigenvalue weighted by Gasteiger charge is -2.10. The summed E-state index contributed by atoms with van der Waals surface area (Å²) >= 11 is 1.61. The number of aryl methyl sites for hydroxylation is 1. The van der Waals surface area contributed by atoms with Crippen LogP contribution >= 0.6 is 11.8 Å². The zero-order valence-electron chi connectivity index (χ0n) is 11.9. The molecule has 3 aromatic rings. The van der Waals surface area contributed by atoms with Crippen LogP contribution in [0.5, 0.6) is 0 Å². The summed E-state index contributed by atoms with van der Waals surface area (Å²) in [7, 11) is 0. The molecule has 0 aliphatic heterocycles. The average molecular weight is 298 g/mol. The Labute approximate surface area is 127 Å². The van der Waals surface area contributed by atoms with E-state index >= 15 is 0 Å². The van der Waals surface area contributed by atoms with Crippen LogP contribution in [-0.2, 0) is 6.42 Å². The molecule has 0 bridgehead atoms. The van der Waals surface area contributed by atoms with Crippen molar-refractivity contribution in [2.24, 2.45) is 0 Å². The minimum absolute atomic E-state index is 0.245. The Morgan fingerprint density at radius 3 is 2.71 bits per heavy atom. The number of thioether (sulfide) groups is 1. The molecule has 21 heavy (non-hydrogen) atoms. The van der Waals surface area contributed by atoms with Gasteiger partial charge < -0.3 is 0 Å². The number of nitrogens with zero attached hydrogens (tertiary/aromatic N) is 2. The van der Waals surface area contributed by atoms with Gasteiger partial charge in [-0.05, 0) is 49.1 Å². The summed E-state index contributed by atoms with van der Waals surface area (Å²) < 4.78 is 13.4. The van der Waals surface area contributed by atoms with Crippen LogP contribution in [0.4, 0.5) is 4.39 Å². The van der Waals surface area contributed by atoms with Gasteiger partial charge >= 0.3 is 0 Å². The van der Waals surface area contributed by atoms with Crippen LogP contribution in [0.15, 0.2) is 47.5 Å². The summed E-state index contributed by atoms with van der Waals surface area (Å²) in [5.41, 5.74) is 3.67. The summed E-state index contributed by atoms with van der Waals surface area (Å²) in [4.78, 5) is 9.28. The van der Waals surface area contributed by atoms with Gasteiger partial charge in [0.15, 0.2) is 0 Å². The Bertz CT molecular complexity index is 802. The predicted octanol–water partition coefficient (Wildman–Crippen LogP) is 4.72. The molecule has 0 aliphatic carbocycles. The van der Waals surface area contributed by atoms with Crippen molar-refractivity contribution in [1.29, 1.82) is 0 Å². The second-order valence-electron chi connectivity index (χ2n) is 4.74. The number of hydrogen-bond donors (Lipinski definition) is 0. The number of hydrogen-bond acceptors (Lipinski definition) is 3. The van der Waals surface area contributed by atoms with Crippen molar-refractivity contribution in [2.45, 2.75) is 18.4 Å². The third kappa shape index (κ3) is 2.76. The van der Waals surface area contributed by atoms with E-state index in [0.29, 0.717) is 0 Å². The number of aromatic nitrogens is 2. The van der Waals surface area contributed by atoms with Crippen molar-refractivity contribution >= 4 is 22.7 Å². The Morgan fingerprint density at radius 1 is 1.10 bits per heavy atom. The standard InChI is InChI=1S/C17H15FN2S/c1-3-14-13(16-5-4-6-17(20-16)21-2)10-11-9-12(18)7-8-15(11)19-14/h4-10H,3H2,1-2H3. The fourth-order valence-corrected chi connectivity index (χ4v) is 2.76. The van der Waals surface area contributed by atoms with Crippen molar-refractivity contribution in [3.05, 3.63) is 54.0 Å². The highest BCUT2D eigenvalue weighted by Crippen LogP contribution is 2.27. The third-order valence-electron chi connectivity index (χ3n) is 3.40. The highest BCUT2D eigenvalue weighted by Gasteiger charge is 2.10. The molecule has 3 rings (SSSR count). The van der Waals surface area contributed by atoms with Crippen molar-refractivity contribution in [3.8, 4) is 11.3 Å². The molecule has 2 nitrogen and oxygen atoms in total. The van der Waals surface area contributed by atoms with E-state index in [1.165, 1.54) is 12.1 Å². The highest BCUT2D eigenvalue weighted by atomic mass is 32.2. The Kier molecular flexibility index (Phi) is 3.88. The molecule has 1 aromatic carbocycles. The van der Waals surface area contributed by atoms with Gasteiger partial charge in [0.25, 0.3) is 0 Å². The smallest absolute Gasteiger partial charge is 0.123 e. The van der Waals surface area contributed by atoms with Crippen LogP contribution in [0.25, 0.3) is 22.2 Å². The second kappa shape index (κ2) is 5.82. The predicted molar refractivity (Wildman–Crippen MR) is 86.1 cm³/mol. The first kappa shape index (κ1) is 14.0. The van der Waals surface area contributed by atoms with Crippen LogP contribution in [-0.4, -0.2) is 16.2 Å². The summed E-state index contributed by atoms with van der Waals surface area (Å²) in [6.07, 6.45) is 2.81. The first-order chi connectivity index (χ1) is 10.2. The lowest BCUT2D eigenvalue weighted by Crippen LogP contribution is -1.96. The van der Waals surface area contributed by atoms with Gasteiger partial charge in [0.2, 0.25) is 0 Å². The van der Waals surface area contributed by atoms with E-state index in [4.69, 9.17) is 0 Å². The van der Waals surface area contributed by atoms with Gasteiger partial charge in [-0.3, -0.25) is 4.98 Å². The van der Waals surface area contributed by atoms with E-state index in [1.54, 1.807) is 17.8 Å². The molecular weight excluding hydrogens is 283 g/mol. The van der Waals surface area contributed by atoms with Gasteiger partial charge in [0, 0.05) is 10.9 Å². The second-order valence-corrected chi connectivity index (χ2v) is 5.56. The van der Waals surface area contributed by atoms with Gasteiger partial charge in [-0.1, -0.05) is 13.0 Å². The first-order valence-corrected chi connectivity index (χ1v) is 8.04. The van der Waals surface area contributed by atoms with E-state index in [9.17, 15) is 4.39 Å². The number of fused-ring (bicyclic) bond motifs is 1. The van der Waals surface area contributed by atoms with E-state index < -0.39 is 0 Å². The molecule has 2 heterocycles. The summed E-state index contributed by atoms with van der Waals surface area (Å²) in [6.45, 7) is 2.07. The third-order valence-corrected chi connectivity index (χ3v) is 4.04. The normalized spacial score (nSPS) is 11.0. The Balaban J connectivity index is 2.24. The molecule has 0 radical (unpaired) electrons. The SMILES string of the molecule is CCc1nc2ccc(F)cc2cc1-c1cccc(SC)n1. The molecular formula is C17H15FN2S. The molecule has 0 fully saturated rings. The van der Waals surface area contributed by atoms with Crippen LogP contribution in [0, 0.1) is 5.82 Å². The Morgan fingerprint density at radius 2 is 1.95 bits per heavy atom. The largest absolute Gasteiger partial charge is 0.252 e. The fraction of sp³-hybridized carbons (Fsp3) is 0.176. The number of halogens is 1. The van der Waals surface area contributed by atoms with Crippen molar-refractivity contribution in [3.63, 3.8) is 0 Å². The summed E-state index contributed by atoms with van der Waals surface area (Å²) in [5, 5.41) is 1.77. The number of benzene rings is 1. The lowest BCUT2D eigenvalue weighted by atomic mass is 10.0. The molecule has 4 heteroatoms. The van der Waals surface area contributed by atoms with E-state index in [1.807, 2.05) is 30.5 Å². The monoisotopic (exact) mass is 298 g/mol. The van der Waals surface area contributed by atoms with Gasteiger partial charge in [-0.25, -0.2) is 9.37 Å². The van der Waals surface area contributed by atoms with Gasteiger partial charge in [0.05, 0.1) is 21.9 Å². The molecule has 2 aromatic heterocycles. The van der Waals surface area contributed by atoms with Crippen LogP contribution < -0.4 is 0 Å². The number of rotatable bonds is 3. The maximum absolute atomic E-state index is 13.4. The zero-order chi connectivity index (χ0) is 14.8. The first-order valence-electron chi connectivity index (χ1n) is 6.82. The maximum atomic E-state index is 13.4. The lowest BCUT2D eigenvalue weighted by molar-refractivity contribution is 0.629. The minimum Gasteiger partial charge on any atom is -0.252 e. The number of pyridine rings is 2. The Hall–Kier alpha value is -1.94. The van der Waals surface area contributed by atoms with Crippen molar-refractivity contribution in [1.82, 2.24) is 9.97 Å². The molecule has 0 saturated heterocycles. The molecule has 0 atom stereocenters. The van der Waals surface area contributed by atoms with E-state index in [0.717, 1.165) is 39.3 Å². The maximum Gasteiger partial charge on any atom is 0.123 e. The molecule has 0 N–H and O–H groups in total. The summed E-state index contributed by atoms with van der Waals surface area (Å²) in [5.74, 6) is -0.245. The highest BCUT2D eigenvalue weighted by molar-refractivity contribution is 7.98. The topological polar surface area (TPSA) is 25.8 Å². The molecule has 0 saturated carbocycles. The van der Waals surface area contributed by atoms with Gasteiger partial charge in [-0.15, -0.1) is 11.8 Å². The van der Waals surface area contributed by atoms with Crippen LogP contribution in [0.2, 0.25) is 0 Å². The van der Waals surface area contributed by atoms with Crippen LogP contribution in [0.3, 0.4) is 0 Å². The molecule has 106 valence electrons. The average Bonchev–Trinajstić information content (AvgIpc) is 2.53. The fourth-order valence-electron chi connectivity index (χ4n) is 2.36. The quantitative estimate of drug-likeness (QED) is 0.654. The molecule has 0 unspecified atom stereocenters. The zero-order valence-corrected chi connectivity index (χ0v) is 12.7. The van der Waals surface area contributed by atoms with Crippen LogP contribution in [0.1, 0.15) is 12.6 Å². The van der Waals surface area contributed by atoms with Crippen molar-refractivity contribution < 1.29 is 4.39 Å². The van der Waals surface area contributed by atoms with Crippen molar-refractivity contribution in [2.75, 3.05) is 6.26 Å². The van der Waals surface area contributed by atoms with E-state index in [-0.39, 0.29) is 5.82 Å². The van der Waals surface area contributed by atoms with Gasteiger partial charge in [0.1, 0.15) is 5.82 Å². The van der Waals surface area contributed by atoms with E-state index in [2.05, 4.69) is 16.9 Å². The molecule has 0 spiro atoms. The van der Waals surface area contributed by atoms with Gasteiger partial charge in [-0.2, -0.15) is 0 Å².